The largest absolute Gasteiger partial charge is 0.381 e. The van der Waals surface area contributed by atoms with Crippen LogP contribution in [0.3, 0.4) is 0 Å². The molecule has 0 N–H and O–H groups in total. The molecule has 0 radical (unpaired) electrons. The molecule has 0 saturated carbocycles. The van der Waals surface area contributed by atoms with Gasteiger partial charge in [0.05, 0.1) is 11.5 Å². The van der Waals surface area contributed by atoms with Gasteiger partial charge in [0.25, 0.3) is 0 Å². The van der Waals surface area contributed by atoms with Crippen LogP contribution in [0.25, 0.3) is 0 Å². The minimum absolute atomic E-state index is 0.0257. The monoisotopic (exact) mass is 341 g/mol. The molecule has 1 atom stereocenters. The van der Waals surface area contributed by atoms with Gasteiger partial charge in [-0.15, -0.1) is 0 Å². The third kappa shape index (κ3) is 3.45. The number of carbonyl (C=O) groups excluding carboxylic acids is 1. The van der Waals surface area contributed by atoms with Gasteiger partial charge in [-0.25, -0.2) is 4.39 Å². The first-order valence-electron chi connectivity index (χ1n) is 8.70. The quantitative estimate of drug-likeness (QED) is 0.838. The Morgan fingerprint density at radius 2 is 1.80 bits per heavy atom. The van der Waals surface area contributed by atoms with E-state index in [0.717, 1.165) is 11.1 Å². The summed E-state index contributed by atoms with van der Waals surface area (Å²) < 4.78 is 19.3. The summed E-state index contributed by atoms with van der Waals surface area (Å²) >= 11 is 0. The minimum Gasteiger partial charge on any atom is -0.381 e. The third-order valence-corrected chi connectivity index (χ3v) is 5.32. The lowest BCUT2D eigenvalue weighted by molar-refractivity contribution is -0.142. The lowest BCUT2D eigenvalue weighted by Crippen LogP contribution is -2.49. The van der Waals surface area contributed by atoms with E-state index in [4.69, 9.17) is 4.74 Å². The highest BCUT2D eigenvalue weighted by Gasteiger charge is 2.44. The molecule has 2 aromatic carbocycles. The molecule has 0 aliphatic carbocycles. The fraction of sp³-hybridized carbons (Fsp3) is 0.381. The number of rotatable bonds is 4. The Hall–Kier alpha value is -2.20. The smallest absolute Gasteiger partial charge is 0.233 e. The SMILES string of the molecule is C[C@@H](c1ccccc1)N(C)C(=O)C1(c2cccc(F)c2)CCOCC1. The summed E-state index contributed by atoms with van der Waals surface area (Å²) in [5, 5.41) is 0. The molecular formula is C21H24FNO2. The molecular weight excluding hydrogens is 317 g/mol. The molecule has 2 aromatic rings. The van der Waals surface area contributed by atoms with Crippen molar-refractivity contribution in [1.29, 1.82) is 0 Å². The number of carbonyl (C=O) groups is 1. The summed E-state index contributed by atoms with van der Waals surface area (Å²) in [4.78, 5) is 15.3. The summed E-state index contributed by atoms with van der Waals surface area (Å²) in [6.07, 6.45) is 1.14. The number of hydrogen-bond acceptors (Lipinski definition) is 2. The maximum atomic E-state index is 13.8. The maximum Gasteiger partial charge on any atom is 0.233 e. The van der Waals surface area contributed by atoms with E-state index in [1.54, 1.807) is 11.0 Å². The number of likely N-dealkylation sites (N-methyl/N-ethyl adjacent to an activating group) is 1. The molecule has 132 valence electrons. The van der Waals surface area contributed by atoms with E-state index in [1.165, 1.54) is 12.1 Å². The van der Waals surface area contributed by atoms with E-state index >= 15 is 0 Å². The van der Waals surface area contributed by atoms with Gasteiger partial charge in [0.15, 0.2) is 0 Å². The average molecular weight is 341 g/mol. The normalized spacial score (nSPS) is 17.7. The van der Waals surface area contributed by atoms with Crippen LogP contribution < -0.4 is 0 Å². The van der Waals surface area contributed by atoms with E-state index in [0.29, 0.717) is 26.1 Å². The Kier molecular flexibility index (Phi) is 5.19. The fourth-order valence-corrected chi connectivity index (χ4v) is 3.60. The van der Waals surface area contributed by atoms with E-state index in [1.807, 2.05) is 50.4 Å². The molecule has 1 heterocycles. The number of ether oxygens (including phenoxy) is 1. The van der Waals surface area contributed by atoms with Gasteiger partial charge in [-0.3, -0.25) is 4.79 Å². The molecule has 1 amide bonds. The summed E-state index contributed by atoms with van der Waals surface area (Å²) in [5.74, 6) is -0.285. The summed E-state index contributed by atoms with van der Waals surface area (Å²) in [6.45, 7) is 3.04. The standard InChI is InChI=1S/C21H24FNO2/c1-16(17-7-4-3-5-8-17)23(2)20(24)21(11-13-25-14-12-21)18-9-6-10-19(22)15-18/h3-10,15-16H,11-14H2,1-2H3/t16-/m0/s1. The van der Waals surface area contributed by atoms with Crippen LogP contribution >= 0.6 is 0 Å². The highest BCUT2D eigenvalue weighted by Crippen LogP contribution is 2.38. The molecule has 3 nitrogen and oxygen atoms in total. The van der Waals surface area contributed by atoms with Crippen molar-refractivity contribution < 1.29 is 13.9 Å². The van der Waals surface area contributed by atoms with Crippen molar-refractivity contribution in [2.75, 3.05) is 20.3 Å². The van der Waals surface area contributed by atoms with Crippen LogP contribution in [-0.2, 0) is 14.9 Å². The topological polar surface area (TPSA) is 29.5 Å². The van der Waals surface area contributed by atoms with E-state index in [-0.39, 0.29) is 17.8 Å². The summed E-state index contributed by atoms with van der Waals surface area (Å²) in [6, 6.07) is 16.3. The van der Waals surface area contributed by atoms with Crippen molar-refractivity contribution in [2.45, 2.75) is 31.2 Å². The molecule has 1 saturated heterocycles. The summed E-state index contributed by atoms with van der Waals surface area (Å²) in [7, 11) is 1.83. The van der Waals surface area contributed by atoms with Gasteiger partial charge in [0.2, 0.25) is 5.91 Å². The Morgan fingerprint density at radius 3 is 2.44 bits per heavy atom. The van der Waals surface area contributed by atoms with Crippen LogP contribution in [0.5, 0.6) is 0 Å². The van der Waals surface area contributed by atoms with Crippen LogP contribution in [0.1, 0.15) is 36.9 Å². The second-order valence-electron chi connectivity index (χ2n) is 6.71. The molecule has 3 rings (SSSR count). The molecule has 0 bridgehead atoms. The first kappa shape index (κ1) is 17.6. The van der Waals surface area contributed by atoms with Crippen LogP contribution in [0.2, 0.25) is 0 Å². The molecule has 1 aliphatic rings. The second-order valence-corrected chi connectivity index (χ2v) is 6.71. The Bertz CT molecular complexity index is 726. The highest BCUT2D eigenvalue weighted by molar-refractivity contribution is 5.88. The number of nitrogens with zero attached hydrogens (tertiary/aromatic N) is 1. The first-order valence-corrected chi connectivity index (χ1v) is 8.70. The molecule has 4 heteroatoms. The number of halogens is 1. The van der Waals surface area contributed by atoms with Gasteiger partial charge in [-0.1, -0.05) is 42.5 Å². The highest BCUT2D eigenvalue weighted by atomic mass is 19.1. The van der Waals surface area contributed by atoms with Crippen molar-refractivity contribution in [3.8, 4) is 0 Å². The van der Waals surface area contributed by atoms with Crippen molar-refractivity contribution >= 4 is 5.91 Å². The van der Waals surface area contributed by atoms with Crippen LogP contribution in [0, 0.1) is 5.82 Å². The molecule has 25 heavy (non-hydrogen) atoms. The predicted octanol–water partition coefficient (Wildman–Crippen LogP) is 4.09. The van der Waals surface area contributed by atoms with Gasteiger partial charge >= 0.3 is 0 Å². The zero-order valence-corrected chi connectivity index (χ0v) is 14.7. The van der Waals surface area contributed by atoms with Gasteiger partial charge < -0.3 is 9.64 Å². The van der Waals surface area contributed by atoms with Crippen molar-refractivity contribution in [1.82, 2.24) is 4.90 Å². The summed E-state index contributed by atoms with van der Waals surface area (Å²) in [5.41, 5.74) is 1.10. The zero-order chi connectivity index (χ0) is 17.9. The number of hydrogen-bond donors (Lipinski definition) is 0. The van der Waals surface area contributed by atoms with Gasteiger partial charge in [-0.2, -0.15) is 0 Å². The number of amides is 1. The number of benzene rings is 2. The lowest BCUT2D eigenvalue weighted by Gasteiger charge is -2.41. The Balaban J connectivity index is 1.94. The predicted molar refractivity (Wildman–Crippen MR) is 95.8 cm³/mol. The molecule has 1 fully saturated rings. The van der Waals surface area contributed by atoms with E-state index in [9.17, 15) is 9.18 Å². The van der Waals surface area contributed by atoms with Gasteiger partial charge in [-0.05, 0) is 43.0 Å². The fourth-order valence-electron chi connectivity index (χ4n) is 3.60. The van der Waals surface area contributed by atoms with Crippen LogP contribution in [0.15, 0.2) is 54.6 Å². The molecule has 0 spiro atoms. The van der Waals surface area contributed by atoms with Crippen molar-refractivity contribution in [3.63, 3.8) is 0 Å². The van der Waals surface area contributed by atoms with E-state index < -0.39 is 5.41 Å². The zero-order valence-electron chi connectivity index (χ0n) is 14.7. The van der Waals surface area contributed by atoms with E-state index in [2.05, 4.69) is 0 Å². The first-order chi connectivity index (χ1) is 12.0. The molecule has 0 aromatic heterocycles. The minimum atomic E-state index is -0.724. The average Bonchev–Trinajstić information content (AvgIpc) is 2.67. The third-order valence-electron chi connectivity index (χ3n) is 5.32. The van der Waals surface area contributed by atoms with Crippen molar-refractivity contribution in [2.24, 2.45) is 0 Å². The Labute approximate surface area is 148 Å². The van der Waals surface area contributed by atoms with Crippen LogP contribution in [0.4, 0.5) is 4.39 Å². The lowest BCUT2D eigenvalue weighted by atomic mass is 9.72. The second kappa shape index (κ2) is 7.36. The van der Waals surface area contributed by atoms with Crippen LogP contribution in [-0.4, -0.2) is 31.1 Å². The van der Waals surface area contributed by atoms with Gasteiger partial charge in [0, 0.05) is 20.3 Å². The van der Waals surface area contributed by atoms with Gasteiger partial charge in [0.1, 0.15) is 5.82 Å². The van der Waals surface area contributed by atoms with Crippen molar-refractivity contribution in [3.05, 3.63) is 71.5 Å². The maximum absolute atomic E-state index is 13.8. The molecule has 1 aliphatic heterocycles. The molecule has 0 unspecified atom stereocenters. The Morgan fingerprint density at radius 1 is 1.12 bits per heavy atom.